The van der Waals surface area contributed by atoms with Gasteiger partial charge < -0.3 is 37.6 Å². The standard InChI is InChI=1S/2C14H32O3Si.C8H22N2Si/c2*1-5-9-10-11-12-13-14-18(15-6-2,16-7-3)17-8-4;1-11(2,3)8-4-6-10-7-5-9/h2*5-14H2,1-4H3;10H,4-9H2,1-3H3. The van der Waals surface area contributed by atoms with Gasteiger partial charge in [0.1, 0.15) is 0 Å². The van der Waals surface area contributed by atoms with Crippen molar-refractivity contribution in [2.75, 3.05) is 59.3 Å². The minimum absolute atomic E-state index is 0.683. The molecule has 8 nitrogen and oxygen atoms in total. The molecule has 0 aliphatic heterocycles. The molecule has 3 N–H and O–H groups in total. The van der Waals surface area contributed by atoms with Gasteiger partial charge in [-0.25, -0.2) is 0 Å². The highest BCUT2D eigenvalue weighted by atomic mass is 28.4. The normalized spacial score (nSPS) is 12.0. The van der Waals surface area contributed by atoms with Gasteiger partial charge in [-0.05, 0) is 67.3 Å². The molecule has 11 heteroatoms. The quantitative estimate of drug-likeness (QED) is 0.0523. The average molecular weight is 727 g/mol. The molecular weight excluding hydrogens is 641 g/mol. The highest BCUT2D eigenvalue weighted by Gasteiger charge is 2.40. The molecular formula is C36H86N2O6Si3. The topological polar surface area (TPSA) is 93.4 Å². The Bertz CT molecular complexity index is 532. The van der Waals surface area contributed by atoms with E-state index in [0.29, 0.717) is 39.6 Å². The number of nitrogens with two attached hydrogens (primary N) is 1. The first-order chi connectivity index (χ1) is 22.5. The van der Waals surface area contributed by atoms with Crippen LogP contribution in [0, 0.1) is 0 Å². The summed E-state index contributed by atoms with van der Waals surface area (Å²) in [6.07, 6.45) is 16.8. The first-order valence-corrected chi connectivity index (χ1v) is 27.4. The van der Waals surface area contributed by atoms with Gasteiger partial charge in [0.2, 0.25) is 0 Å². The van der Waals surface area contributed by atoms with Gasteiger partial charge in [0.05, 0.1) is 0 Å². The van der Waals surface area contributed by atoms with E-state index in [9.17, 15) is 0 Å². The molecule has 0 unspecified atom stereocenters. The Morgan fingerprint density at radius 3 is 1.00 bits per heavy atom. The predicted molar refractivity (Wildman–Crippen MR) is 212 cm³/mol. The summed E-state index contributed by atoms with van der Waals surface area (Å²) in [6, 6.07) is 3.36. The van der Waals surface area contributed by atoms with E-state index in [4.69, 9.17) is 32.3 Å². The van der Waals surface area contributed by atoms with Crippen LogP contribution in [0.3, 0.4) is 0 Å². The number of nitrogens with one attached hydrogen (secondary N) is 1. The highest BCUT2D eigenvalue weighted by molar-refractivity contribution is 6.76. The Morgan fingerprint density at radius 2 is 0.723 bits per heavy atom. The maximum absolute atomic E-state index is 5.83. The van der Waals surface area contributed by atoms with Crippen LogP contribution in [0.15, 0.2) is 0 Å². The minimum atomic E-state index is -2.36. The molecule has 0 heterocycles. The smallest absolute Gasteiger partial charge is 0.374 e. The predicted octanol–water partition coefficient (Wildman–Crippen LogP) is 10.1. The number of hydrogen-bond donors (Lipinski definition) is 2. The van der Waals surface area contributed by atoms with Crippen LogP contribution in [-0.2, 0) is 26.6 Å². The molecule has 0 fully saturated rings. The van der Waals surface area contributed by atoms with Crippen molar-refractivity contribution in [2.24, 2.45) is 5.73 Å². The third kappa shape index (κ3) is 35.9. The summed E-state index contributed by atoms with van der Waals surface area (Å²) in [7, 11) is -5.52. The molecule has 0 aromatic rings. The van der Waals surface area contributed by atoms with Crippen LogP contribution >= 0.6 is 0 Å². The molecule has 0 aliphatic carbocycles. The minimum Gasteiger partial charge on any atom is -0.374 e. The summed E-state index contributed by atoms with van der Waals surface area (Å²) in [5.74, 6) is 0. The van der Waals surface area contributed by atoms with Crippen LogP contribution in [0.1, 0.15) is 139 Å². The van der Waals surface area contributed by atoms with Gasteiger partial charge in [-0.3, -0.25) is 0 Å². The zero-order valence-corrected chi connectivity index (χ0v) is 36.7. The molecule has 0 bridgehead atoms. The molecule has 0 amide bonds. The van der Waals surface area contributed by atoms with E-state index < -0.39 is 25.7 Å². The van der Waals surface area contributed by atoms with Crippen molar-refractivity contribution < 1.29 is 26.6 Å². The number of hydrogen-bond acceptors (Lipinski definition) is 8. The van der Waals surface area contributed by atoms with Crippen LogP contribution in [0.25, 0.3) is 0 Å². The maximum Gasteiger partial charge on any atom is 0.500 e. The zero-order valence-electron chi connectivity index (χ0n) is 33.7. The lowest BCUT2D eigenvalue weighted by molar-refractivity contribution is 0.0698. The fraction of sp³-hybridized carbons (Fsp3) is 1.00. The molecule has 0 aromatic carbocycles. The van der Waals surface area contributed by atoms with Gasteiger partial charge in [0.15, 0.2) is 0 Å². The van der Waals surface area contributed by atoms with E-state index in [0.717, 1.165) is 44.6 Å². The highest BCUT2D eigenvalue weighted by Crippen LogP contribution is 2.22. The number of unbranched alkanes of at least 4 members (excludes halogenated alkanes) is 10. The van der Waals surface area contributed by atoms with Crippen LogP contribution in [0.2, 0.25) is 37.8 Å². The van der Waals surface area contributed by atoms with Crippen molar-refractivity contribution in [3.05, 3.63) is 0 Å². The van der Waals surface area contributed by atoms with Gasteiger partial charge >= 0.3 is 17.6 Å². The third-order valence-electron chi connectivity index (χ3n) is 7.46. The zero-order chi connectivity index (χ0) is 36.1. The molecule has 0 atom stereocenters. The molecule has 0 aromatic heterocycles. The van der Waals surface area contributed by atoms with Crippen LogP contribution < -0.4 is 11.1 Å². The van der Waals surface area contributed by atoms with Crippen molar-refractivity contribution in [1.29, 1.82) is 0 Å². The molecule has 0 saturated carbocycles. The Labute approximate surface area is 298 Å². The molecule has 0 radical (unpaired) electrons. The molecule has 0 aliphatic rings. The largest absolute Gasteiger partial charge is 0.500 e. The van der Waals surface area contributed by atoms with Gasteiger partial charge in [-0.2, -0.15) is 0 Å². The summed E-state index contributed by atoms with van der Waals surface area (Å²) < 4.78 is 35.0. The van der Waals surface area contributed by atoms with Gasteiger partial charge in [-0.1, -0.05) is 104 Å². The van der Waals surface area contributed by atoms with Crippen molar-refractivity contribution >= 4 is 25.7 Å². The summed E-state index contributed by atoms with van der Waals surface area (Å²) in [4.78, 5) is 0. The van der Waals surface area contributed by atoms with Gasteiger partial charge in [-0.15, -0.1) is 0 Å². The van der Waals surface area contributed by atoms with E-state index in [1.165, 1.54) is 76.7 Å². The van der Waals surface area contributed by atoms with Gasteiger partial charge in [0.25, 0.3) is 0 Å². The monoisotopic (exact) mass is 727 g/mol. The SMILES string of the molecule is CCCCCCCC[Si](OCC)(OCC)OCC.CCCCCCCC[Si](OCC)(OCC)OCC.C[Si](C)(C)CCCNCCN. The van der Waals surface area contributed by atoms with E-state index in [2.05, 4.69) is 38.8 Å². The summed E-state index contributed by atoms with van der Waals surface area (Å²) in [5.41, 5.74) is 5.34. The second-order valence-corrected chi connectivity index (χ2v) is 24.3. The Kier molecular flexibility index (Phi) is 41.3. The average Bonchev–Trinajstić information content (AvgIpc) is 3.01. The van der Waals surface area contributed by atoms with E-state index in [1.807, 2.05) is 41.5 Å². The lowest BCUT2D eigenvalue weighted by Crippen LogP contribution is -2.45. The molecule has 288 valence electrons. The maximum atomic E-state index is 5.83. The Balaban J connectivity index is -0.000000638. The van der Waals surface area contributed by atoms with Crippen LogP contribution in [0.5, 0.6) is 0 Å². The van der Waals surface area contributed by atoms with E-state index >= 15 is 0 Å². The Hall–Kier alpha value is 0.331. The first-order valence-electron chi connectivity index (χ1n) is 19.8. The Morgan fingerprint density at radius 1 is 0.404 bits per heavy atom. The van der Waals surface area contributed by atoms with E-state index in [-0.39, 0.29) is 0 Å². The van der Waals surface area contributed by atoms with Gasteiger partial charge in [0, 0.05) is 72.9 Å². The second kappa shape index (κ2) is 37.6. The summed E-state index contributed by atoms with van der Waals surface area (Å²) >= 11 is 0. The van der Waals surface area contributed by atoms with E-state index in [1.54, 1.807) is 0 Å². The summed E-state index contributed by atoms with van der Waals surface area (Å²) in [5, 5.41) is 3.30. The number of rotatable bonds is 32. The first kappa shape index (κ1) is 51.7. The fourth-order valence-corrected chi connectivity index (χ4v) is 11.8. The molecule has 47 heavy (non-hydrogen) atoms. The fourth-order valence-electron chi connectivity index (χ4n) is 5.22. The molecule has 0 saturated heterocycles. The van der Waals surface area contributed by atoms with Crippen LogP contribution in [-0.4, -0.2) is 85.0 Å². The van der Waals surface area contributed by atoms with Crippen LogP contribution in [0.4, 0.5) is 0 Å². The lowest BCUT2D eigenvalue weighted by atomic mass is 10.1. The van der Waals surface area contributed by atoms with Crippen molar-refractivity contribution in [2.45, 2.75) is 177 Å². The van der Waals surface area contributed by atoms with Crippen molar-refractivity contribution in [1.82, 2.24) is 5.32 Å². The third-order valence-corrected chi connectivity index (χ3v) is 15.6. The second-order valence-electron chi connectivity index (χ2n) is 13.2. The lowest BCUT2D eigenvalue weighted by Gasteiger charge is -2.28. The summed E-state index contributed by atoms with van der Waals surface area (Å²) in [6.45, 7) is 30.8. The van der Waals surface area contributed by atoms with Crippen molar-refractivity contribution in [3.8, 4) is 0 Å². The molecule has 0 rings (SSSR count). The molecule has 0 spiro atoms. The van der Waals surface area contributed by atoms with Crippen molar-refractivity contribution in [3.63, 3.8) is 0 Å².